The van der Waals surface area contributed by atoms with Gasteiger partial charge in [0.25, 0.3) is 0 Å². The molecule has 4 aromatic rings. The second-order valence-corrected chi connectivity index (χ2v) is 11.9. The molecule has 0 amide bonds. The number of benzene rings is 2. The highest BCUT2D eigenvalue weighted by atomic mass is 32.2. The van der Waals surface area contributed by atoms with Crippen LogP contribution in [0.25, 0.3) is 33.6 Å². The van der Waals surface area contributed by atoms with E-state index >= 15 is 0 Å². The first-order valence-electron chi connectivity index (χ1n) is 12.7. The number of sulfone groups is 1. The first-order valence-corrected chi connectivity index (χ1v) is 14.6. The number of oxazole rings is 1. The number of aliphatic hydroxyl groups excluding tert-OH is 1. The number of aromatic nitrogens is 3. The summed E-state index contributed by atoms with van der Waals surface area (Å²) in [6, 6.07) is 6.39. The Morgan fingerprint density at radius 1 is 1.09 bits per heavy atom. The van der Waals surface area contributed by atoms with Crippen molar-refractivity contribution in [3.8, 4) is 28.1 Å². The van der Waals surface area contributed by atoms with Gasteiger partial charge >= 0.3 is 6.18 Å². The molecule has 0 saturated carbocycles. The van der Waals surface area contributed by atoms with Gasteiger partial charge in [0.1, 0.15) is 29.3 Å². The summed E-state index contributed by atoms with van der Waals surface area (Å²) in [4.78, 5) is 7.53. The first-order chi connectivity index (χ1) is 20.1. The number of allylic oxidation sites excluding steroid dienone is 4. The Hall–Kier alpha value is -4.17. The fourth-order valence-electron chi connectivity index (χ4n) is 4.87. The highest BCUT2D eigenvalue weighted by molar-refractivity contribution is 7.90. The van der Waals surface area contributed by atoms with Gasteiger partial charge in [-0.05, 0) is 48.4 Å². The molecule has 0 fully saturated rings. The van der Waals surface area contributed by atoms with Gasteiger partial charge in [-0.25, -0.2) is 31.6 Å². The summed E-state index contributed by atoms with van der Waals surface area (Å²) in [7, 11) is -3.99. The van der Waals surface area contributed by atoms with Crippen LogP contribution in [0.4, 0.5) is 26.3 Å². The number of aliphatic hydroxyl groups is 1. The summed E-state index contributed by atoms with van der Waals surface area (Å²) in [6.45, 7) is 1.93. The normalized spacial score (nSPS) is 15.9. The third-order valence-electron chi connectivity index (χ3n) is 6.84. The molecule has 0 bridgehead atoms. The molecule has 7 nitrogen and oxygen atoms in total. The van der Waals surface area contributed by atoms with Gasteiger partial charge in [-0.3, -0.25) is 0 Å². The maximum atomic E-state index is 15.0. The van der Waals surface area contributed by atoms with Crippen LogP contribution in [0.5, 0.6) is 0 Å². The molecule has 226 valence electrons. The first kappa shape index (κ1) is 30.3. The summed E-state index contributed by atoms with van der Waals surface area (Å²) in [5, 5.41) is 9.58. The molecule has 1 N–H and O–H groups in total. The lowest BCUT2D eigenvalue weighted by Gasteiger charge is -2.16. The summed E-state index contributed by atoms with van der Waals surface area (Å²) in [5.41, 5.74) is -1.24. The molecular weight excluding hydrogens is 600 g/mol. The van der Waals surface area contributed by atoms with E-state index in [1.807, 2.05) is 0 Å². The number of aryl methyl sites for hydroxylation is 2. The molecule has 2 aromatic carbocycles. The van der Waals surface area contributed by atoms with E-state index in [0.29, 0.717) is 0 Å². The van der Waals surface area contributed by atoms with Crippen LogP contribution in [-0.2, 0) is 22.6 Å². The fraction of sp³-hybridized carbons (Fsp3) is 0.241. The highest BCUT2D eigenvalue weighted by Gasteiger charge is 2.35. The predicted molar refractivity (Wildman–Crippen MR) is 145 cm³/mol. The van der Waals surface area contributed by atoms with Crippen LogP contribution in [0.2, 0.25) is 0 Å². The molecule has 1 aliphatic carbocycles. The average molecular weight is 624 g/mol. The second-order valence-electron chi connectivity index (χ2n) is 9.93. The van der Waals surface area contributed by atoms with Gasteiger partial charge < -0.3 is 14.1 Å². The Morgan fingerprint density at radius 3 is 2.42 bits per heavy atom. The third kappa shape index (κ3) is 5.76. The molecule has 1 unspecified atom stereocenters. The monoisotopic (exact) mass is 623 g/mol. The Kier molecular flexibility index (Phi) is 7.63. The van der Waals surface area contributed by atoms with Crippen molar-refractivity contribution in [1.29, 1.82) is 0 Å². The van der Waals surface area contributed by atoms with Crippen molar-refractivity contribution in [2.75, 3.05) is 6.26 Å². The zero-order chi connectivity index (χ0) is 31.4. The standard InChI is InChI=1S/C29H23F6N3O4S/c1-14-36-26(29(33,34)35)12-38(14)24-7-4-16(17-9-22(31)21(13-39)25(10-17)43(3,40)41)8-20(24)27-28(42-15(2)37-27)19-6-5-18(30)11-23(19)32/h4,6-12,18,39H,5,13H2,1-3H3. The topological polar surface area (TPSA) is 98.2 Å². The number of halogens is 6. The summed E-state index contributed by atoms with van der Waals surface area (Å²) >= 11 is 0. The predicted octanol–water partition coefficient (Wildman–Crippen LogP) is 6.84. The lowest BCUT2D eigenvalue weighted by molar-refractivity contribution is -0.141. The van der Waals surface area contributed by atoms with E-state index in [-0.39, 0.29) is 57.5 Å². The van der Waals surface area contributed by atoms with Gasteiger partial charge in [0.2, 0.25) is 0 Å². The zero-order valence-corrected chi connectivity index (χ0v) is 23.6. The fourth-order valence-corrected chi connectivity index (χ4v) is 5.82. The van der Waals surface area contributed by atoms with E-state index in [1.165, 1.54) is 38.1 Å². The molecule has 0 radical (unpaired) electrons. The van der Waals surface area contributed by atoms with Gasteiger partial charge in [0.05, 0.1) is 22.8 Å². The van der Waals surface area contributed by atoms with Gasteiger partial charge in [-0.2, -0.15) is 13.2 Å². The molecule has 0 saturated heterocycles. The van der Waals surface area contributed by atoms with E-state index in [9.17, 15) is 39.9 Å². The van der Waals surface area contributed by atoms with Crippen molar-refractivity contribution in [2.24, 2.45) is 0 Å². The Labute approximate surface area is 241 Å². The van der Waals surface area contributed by atoms with Crippen LogP contribution in [0.15, 0.2) is 63.8 Å². The van der Waals surface area contributed by atoms with Crippen LogP contribution in [0.3, 0.4) is 0 Å². The number of nitrogens with zero attached hydrogens (tertiary/aromatic N) is 3. The Balaban J connectivity index is 1.80. The smallest absolute Gasteiger partial charge is 0.434 e. The zero-order valence-electron chi connectivity index (χ0n) is 22.8. The Morgan fingerprint density at radius 2 is 1.81 bits per heavy atom. The van der Waals surface area contributed by atoms with Crippen LogP contribution in [0, 0.1) is 19.7 Å². The maximum Gasteiger partial charge on any atom is 0.434 e. The molecule has 14 heteroatoms. The van der Waals surface area contributed by atoms with E-state index in [4.69, 9.17) is 4.42 Å². The summed E-state index contributed by atoms with van der Waals surface area (Å²) < 4.78 is 116. The number of hydrogen-bond donors (Lipinski definition) is 1. The van der Waals surface area contributed by atoms with Crippen molar-refractivity contribution in [3.63, 3.8) is 0 Å². The largest absolute Gasteiger partial charge is 0.440 e. The number of rotatable bonds is 6. The third-order valence-corrected chi connectivity index (χ3v) is 8.00. The lowest BCUT2D eigenvalue weighted by atomic mass is 9.95. The number of hydrogen-bond acceptors (Lipinski definition) is 6. The maximum absolute atomic E-state index is 15.0. The molecular formula is C29H23F6N3O4S. The minimum Gasteiger partial charge on any atom is -0.440 e. The van der Waals surface area contributed by atoms with Crippen molar-refractivity contribution < 1.29 is 44.3 Å². The van der Waals surface area contributed by atoms with Gasteiger partial charge in [-0.1, -0.05) is 12.1 Å². The minimum absolute atomic E-state index is 0.0149. The second kappa shape index (κ2) is 10.8. The summed E-state index contributed by atoms with van der Waals surface area (Å²) in [6.07, 6.45) is -2.82. The molecule has 1 atom stereocenters. The van der Waals surface area contributed by atoms with Crippen molar-refractivity contribution in [3.05, 3.63) is 89.1 Å². The molecule has 43 heavy (non-hydrogen) atoms. The molecule has 1 aliphatic rings. The summed E-state index contributed by atoms with van der Waals surface area (Å²) in [5.74, 6) is -2.03. The van der Waals surface area contributed by atoms with Crippen molar-refractivity contribution >= 4 is 15.4 Å². The number of alkyl halides is 4. The van der Waals surface area contributed by atoms with E-state index < -0.39 is 56.6 Å². The van der Waals surface area contributed by atoms with Gasteiger partial charge in [0.15, 0.2) is 27.2 Å². The van der Waals surface area contributed by atoms with Gasteiger partial charge in [0, 0.05) is 36.9 Å². The molecule has 0 spiro atoms. The van der Waals surface area contributed by atoms with Crippen molar-refractivity contribution in [2.45, 2.75) is 44.1 Å². The van der Waals surface area contributed by atoms with Crippen LogP contribution in [-0.4, -0.2) is 40.5 Å². The van der Waals surface area contributed by atoms with Gasteiger partial charge in [-0.15, -0.1) is 0 Å². The molecule has 2 aromatic heterocycles. The Bertz CT molecular complexity index is 1920. The molecule has 2 heterocycles. The quantitative estimate of drug-likeness (QED) is 0.236. The van der Waals surface area contributed by atoms with E-state index in [1.54, 1.807) is 0 Å². The van der Waals surface area contributed by atoms with Crippen LogP contribution in [0.1, 0.15) is 35.2 Å². The number of imidazole rings is 1. The van der Waals surface area contributed by atoms with Crippen molar-refractivity contribution in [1.82, 2.24) is 14.5 Å². The van der Waals surface area contributed by atoms with Crippen LogP contribution >= 0.6 is 0 Å². The lowest BCUT2D eigenvalue weighted by Crippen LogP contribution is -2.06. The highest BCUT2D eigenvalue weighted by Crippen LogP contribution is 2.41. The van der Waals surface area contributed by atoms with Crippen LogP contribution < -0.4 is 0 Å². The SMILES string of the molecule is Cc1nc(-c2cc(-c3cc(F)c(CO)c(S(C)(=O)=O)c3)ccc2-n2cc(C(F)(F)F)nc2C)c(C2=CCC(F)C=C2F)o1. The minimum atomic E-state index is -4.76. The molecule has 5 rings (SSSR count). The average Bonchev–Trinajstić information content (AvgIpc) is 3.49. The molecule has 0 aliphatic heterocycles. The van der Waals surface area contributed by atoms with E-state index in [0.717, 1.165) is 35.2 Å². The van der Waals surface area contributed by atoms with E-state index in [2.05, 4.69) is 9.97 Å².